The summed E-state index contributed by atoms with van der Waals surface area (Å²) in [6.45, 7) is 2.18. The third kappa shape index (κ3) is 3.67. The first kappa shape index (κ1) is 21.6. The second-order valence-corrected chi connectivity index (χ2v) is 9.97. The quantitative estimate of drug-likeness (QED) is 0.491. The number of fused-ring (bicyclic) bond motifs is 1. The van der Waals surface area contributed by atoms with E-state index in [4.69, 9.17) is 0 Å². The molecule has 0 unspecified atom stereocenters. The van der Waals surface area contributed by atoms with Crippen LogP contribution in [0.1, 0.15) is 37.1 Å². The zero-order valence-corrected chi connectivity index (χ0v) is 18.5. The molecule has 0 radical (unpaired) electrons. The van der Waals surface area contributed by atoms with Gasteiger partial charge in [-0.3, -0.25) is 4.40 Å². The second-order valence-electron chi connectivity index (χ2n) is 9.97. The number of halogens is 5. The summed E-state index contributed by atoms with van der Waals surface area (Å²) >= 11 is 0. The van der Waals surface area contributed by atoms with E-state index in [0.717, 1.165) is 18.9 Å². The fourth-order valence-corrected chi connectivity index (χ4v) is 5.46. The summed E-state index contributed by atoms with van der Waals surface area (Å²) in [6.07, 6.45) is 1.33. The fraction of sp³-hybridized carbons (Fsp3) is 0.500. The van der Waals surface area contributed by atoms with E-state index in [2.05, 4.69) is 10.2 Å². The molecular weight excluding hydrogens is 453 g/mol. The molecule has 3 fully saturated rings. The van der Waals surface area contributed by atoms with E-state index in [1.54, 1.807) is 11.1 Å². The van der Waals surface area contributed by atoms with E-state index in [0.29, 0.717) is 62.9 Å². The summed E-state index contributed by atoms with van der Waals surface area (Å²) < 4.78 is 71.3. The van der Waals surface area contributed by atoms with Crippen molar-refractivity contribution in [2.24, 2.45) is 11.3 Å². The lowest BCUT2D eigenvalue weighted by Crippen LogP contribution is -2.60. The van der Waals surface area contributed by atoms with Gasteiger partial charge in [-0.05, 0) is 49.8 Å². The van der Waals surface area contributed by atoms with Crippen molar-refractivity contribution in [1.82, 2.24) is 14.6 Å². The van der Waals surface area contributed by atoms with Crippen LogP contribution < -0.4 is 9.80 Å². The second kappa shape index (κ2) is 7.55. The molecule has 1 saturated carbocycles. The monoisotopic (exact) mass is 477 g/mol. The molecule has 1 aliphatic carbocycles. The van der Waals surface area contributed by atoms with Gasteiger partial charge in [0.25, 0.3) is 0 Å². The summed E-state index contributed by atoms with van der Waals surface area (Å²) in [7, 11) is 0. The van der Waals surface area contributed by atoms with Gasteiger partial charge < -0.3 is 9.80 Å². The summed E-state index contributed by atoms with van der Waals surface area (Å²) in [5, 5.41) is 8.00. The molecule has 1 spiro atoms. The Labute approximate surface area is 193 Å². The Balaban J connectivity index is 1.21. The zero-order chi connectivity index (χ0) is 23.7. The van der Waals surface area contributed by atoms with E-state index in [9.17, 15) is 22.0 Å². The molecule has 2 saturated heterocycles. The van der Waals surface area contributed by atoms with Gasteiger partial charge in [-0.1, -0.05) is 0 Å². The molecule has 0 N–H and O–H groups in total. The van der Waals surface area contributed by atoms with Gasteiger partial charge in [0.15, 0.2) is 5.65 Å². The summed E-state index contributed by atoms with van der Waals surface area (Å²) in [5.74, 6) is -0.140. The van der Waals surface area contributed by atoms with Crippen molar-refractivity contribution < 1.29 is 22.0 Å². The van der Waals surface area contributed by atoms with Crippen LogP contribution in [0.15, 0.2) is 30.5 Å². The molecule has 1 aromatic carbocycles. The van der Waals surface area contributed by atoms with E-state index in [1.165, 1.54) is 22.6 Å². The van der Waals surface area contributed by atoms with E-state index in [1.807, 2.05) is 4.90 Å². The van der Waals surface area contributed by atoms with Crippen molar-refractivity contribution in [3.05, 3.63) is 53.5 Å². The van der Waals surface area contributed by atoms with E-state index in [-0.39, 0.29) is 16.7 Å². The topological polar surface area (TPSA) is 36.7 Å². The average Bonchev–Trinajstić information content (AvgIpc) is 3.49. The third-order valence-electron chi connectivity index (χ3n) is 7.55. The molecule has 34 heavy (non-hydrogen) atoms. The van der Waals surface area contributed by atoms with Crippen LogP contribution in [0.3, 0.4) is 0 Å². The van der Waals surface area contributed by atoms with Gasteiger partial charge in [0, 0.05) is 50.3 Å². The van der Waals surface area contributed by atoms with Crippen LogP contribution in [-0.2, 0) is 12.6 Å². The number of piperidine rings is 1. The van der Waals surface area contributed by atoms with Gasteiger partial charge >= 0.3 is 6.18 Å². The molecule has 3 aliphatic rings. The Kier molecular flexibility index (Phi) is 4.80. The number of alkyl halides is 3. The van der Waals surface area contributed by atoms with Crippen LogP contribution in [0, 0.1) is 23.0 Å². The average molecular weight is 477 g/mol. The molecule has 0 atom stereocenters. The number of anilines is 2. The highest BCUT2D eigenvalue weighted by molar-refractivity contribution is 5.67. The lowest BCUT2D eigenvalue weighted by molar-refractivity contribution is -0.136. The van der Waals surface area contributed by atoms with Crippen LogP contribution >= 0.6 is 0 Å². The minimum absolute atomic E-state index is 0.0634. The van der Waals surface area contributed by atoms with Crippen LogP contribution in [0.4, 0.5) is 33.3 Å². The number of rotatable bonds is 4. The molecule has 0 bridgehead atoms. The number of benzene rings is 1. The Bertz CT molecular complexity index is 1230. The third-order valence-corrected chi connectivity index (χ3v) is 7.55. The first-order valence-corrected chi connectivity index (χ1v) is 11.6. The SMILES string of the molecule is Fc1ccc(N2CC3(CCN(c4ccn5c(CC6CC6)nnc5c4C(F)(F)F)CC3)C2)c(F)c1. The Hall–Kier alpha value is -2.91. The predicted octanol–water partition coefficient (Wildman–Crippen LogP) is 5.09. The number of hydrogen-bond donors (Lipinski definition) is 0. The highest BCUT2D eigenvalue weighted by Crippen LogP contribution is 2.46. The van der Waals surface area contributed by atoms with Crippen LogP contribution in [0.5, 0.6) is 0 Å². The highest BCUT2D eigenvalue weighted by Gasteiger charge is 2.47. The number of hydrogen-bond acceptors (Lipinski definition) is 4. The van der Waals surface area contributed by atoms with Crippen LogP contribution in [0.2, 0.25) is 0 Å². The minimum atomic E-state index is -4.55. The van der Waals surface area contributed by atoms with Crippen molar-refractivity contribution in [3.63, 3.8) is 0 Å². The normalized spacial score (nSPS) is 20.3. The van der Waals surface area contributed by atoms with Crippen LogP contribution in [-0.4, -0.2) is 40.8 Å². The molecule has 10 heteroatoms. The molecule has 3 aromatic rings. The van der Waals surface area contributed by atoms with Gasteiger partial charge in [-0.15, -0.1) is 10.2 Å². The Morgan fingerprint density at radius 2 is 1.68 bits per heavy atom. The van der Waals surface area contributed by atoms with Gasteiger partial charge in [-0.25, -0.2) is 8.78 Å². The zero-order valence-electron chi connectivity index (χ0n) is 18.5. The van der Waals surface area contributed by atoms with Crippen molar-refractivity contribution in [2.45, 2.75) is 38.3 Å². The molecule has 180 valence electrons. The summed E-state index contributed by atoms with van der Waals surface area (Å²) in [4.78, 5) is 3.65. The number of aromatic nitrogens is 3. The maximum atomic E-state index is 14.2. The molecule has 0 amide bonds. The fourth-order valence-electron chi connectivity index (χ4n) is 5.46. The first-order chi connectivity index (χ1) is 16.2. The molecule has 6 rings (SSSR count). The van der Waals surface area contributed by atoms with Gasteiger partial charge in [0.05, 0.1) is 11.4 Å². The van der Waals surface area contributed by atoms with Crippen molar-refractivity contribution in [3.8, 4) is 0 Å². The molecule has 4 heterocycles. The van der Waals surface area contributed by atoms with Gasteiger partial charge in [-0.2, -0.15) is 13.2 Å². The molecular formula is C24H24F5N5. The van der Waals surface area contributed by atoms with Crippen LogP contribution in [0.25, 0.3) is 5.65 Å². The highest BCUT2D eigenvalue weighted by atomic mass is 19.4. The lowest BCUT2D eigenvalue weighted by Gasteiger charge is -2.55. The van der Waals surface area contributed by atoms with Crippen molar-refractivity contribution >= 4 is 17.0 Å². The van der Waals surface area contributed by atoms with Gasteiger partial charge in [0.1, 0.15) is 23.0 Å². The number of pyridine rings is 1. The Morgan fingerprint density at radius 3 is 2.32 bits per heavy atom. The standard InChI is InChI=1S/C24H24F5N5/c25-16-3-4-18(17(26)12-16)33-13-23(14-33)6-9-32(10-7-23)19-5-8-34-20(11-15-1-2-15)30-31-22(34)21(19)24(27,28)29/h3-5,8,12,15H,1-2,6-7,9-11,13-14H2. The maximum absolute atomic E-state index is 14.2. The number of nitrogens with zero attached hydrogens (tertiary/aromatic N) is 5. The molecule has 2 aromatic heterocycles. The minimum Gasteiger partial charge on any atom is -0.371 e. The molecule has 5 nitrogen and oxygen atoms in total. The predicted molar refractivity (Wildman–Crippen MR) is 117 cm³/mol. The van der Waals surface area contributed by atoms with Crippen molar-refractivity contribution in [1.29, 1.82) is 0 Å². The Morgan fingerprint density at radius 1 is 0.941 bits per heavy atom. The van der Waals surface area contributed by atoms with E-state index < -0.39 is 23.4 Å². The van der Waals surface area contributed by atoms with Crippen molar-refractivity contribution in [2.75, 3.05) is 36.0 Å². The first-order valence-electron chi connectivity index (χ1n) is 11.6. The smallest absolute Gasteiger partial charge is 0.371 e. The summed E-state index contributed by atoms with van der Waals surface area (Å²) in [5.41, 5.74) is -0.424. The largest absolute Gasteiger partial charge is 0.422 e. The summed E-state index contributed by atoms with van der Waals surface area (Å²) in [6, 6.07) is 5.09. The lowest BCUT2D eigenvalue weighted by atomic mass is 9.71. The van der Waals surface area contributed by atoms with E-state index >= 15 is 0 Å². The van der Waals surface area contributed by atoms with Gasteiger partial charge in [0.2, 0.25) is 0 Å². The maximum Gasteiger partial charge on any atom is 0.422 e. The molecule has 2 aliphatic heterocycles.